The lowest BCUT2D eigenvalue weighted by Crippen LogP contribution is -2.20. The van der Waals surface area contributed by atoms with Gasteiger partial charge in [0.2, 0.25) is 11.8 Å². The molecular weight excluding hydrogens is 432 g/mol. The van der Waals surface area contributed by atoms with Crippen molar-refractivity contribution in [2.45, 2.75) is 37.3 Å². The number of carbonyl (C=O) groups is 2. The van der Waals surface area contributed by atoms with Crippen molar-refractivity contribution in [3.05, 3.63) is 84.4 Å². The first-order chi connectivity index (χ1) is 15.7. The van der Waals surface area contributed by atoms with Crippen LogP contribution in [0.25, 0.3) is 0 Å². The van der Waals surface area contributed by atoms with E-state index >= 15 is 0 Å². The third-order valence-corrected chi connectivity index (χ3v) is 6.02. The maximum atomic E-state index is 13.3. The van der Waals surface area contributed by atoms with E-state index in [0.29, 0.717) is 23.5 Å². The topological polar surface area (TPSA) is 67.4 Å². The number of amides is 2. The molecule has 0 bridgehead atoms. The molecule has 0 saturated carbocycles. The number of methoxy groups -OCH3 is 1. The summed E-state index contributed by atoms with van der Waals surface area (Å²) in [6, 6.07) is 24.6. The molecule has 172 valence electrons. The molecule has 1 atom stereocenters. The van der Waals surface area contributed by atoms with Crippen molar-refractivity contribution in [3.63, 3.8) is 0 Å². The van der Waals surface area contributed by atoms with Gasteiger partial charge in [-0.25, -0.2) is 0 Å². The van der Waals surface area contributed by atoms with E-state index in [4.69, 9.17) is 4.74 Å². The minimum atomic E-state index is -0.489. The van der Waals surface area contributed by atoms with Crippen LogP contribution in [-0.2, 0) is 9.59 Å². The number of ether oxygens (including phenoxy) is 1. The Labute approximate surface area is 199 Å². The first-order valence-corrected chi connectivity index (χ1v) is 11.7. The average molecular weight is 463 g/mol. The van der Waals surface area contributed by atoms with Crippen LogP contribution in [0.4, 0.5) is 11.4 Å². The zero-order valence-corrected chi connectivity index (χ0v) is 20.2. The minimum Gasteiger partial charge on any atom is -0.495 e. The maximum Gasteiger partial charge on any atom is 0.242 e. The monoisotopic (exact) mass is 462 g/mol. The molecule has 0 spiro atoms. The Kier molecular flexibility index (Phi) is 8.17. The quantitative estimate of drug-likeness (QED) is 0.373. The molecule has 2 amide bonds. The summed E-state index contributed by atoms with van der Waals surface area (Å²) in [5.41, 5.74) is 2.13. The second-order valence-electron chi connectivity index (χ2n) is 8.91. The molecule has 0 aromatic heterocycles. The van der Waals surface area contributed by atoms with E-state index in [1.165, 1.54) is 11.8 Å². The number of thioether (sulfide) groups is 1. The molecule has 6 heteroatoms. The standard InChI is InChI=1S/C27H30N2O3S/c1-27(2,3)18-24(30)28-20-13-10-14-21(17-20)33-25(19-11-6-5-7-12-19)26(31)29-22-15-8-9-16-23(22)32-4/h5-17,25H,18H2,1-4H3,(H,28,30)(H,29,31). The highest BCUT2D eigenvalue weighted by atomic mass is 32.2. The van der Waals surface area contributed by atoms with Gasteiger partial charge < -0.3 is 15.4 Å². The number of hydrogen-bond donors (Lipinski definition) is 2. The van der Waals surface area contributed by atoms with Crippen molar-refractivity contribution in [3.8, 4) is 5.75 Å². The summed E-state index contributed by atoms with van der Waals surface area (Å²) in [6.07, 6.45) is 0.429. The highest BCUT2D eigenvalue weighted by molar-refractivity contribution is 8.00. The van der Waals surface area contributed by atoms with E-state index in [2.05, 4.69) is 10.6 Å². The van der Waals surface area contributed by atoms with E-state index in [1.807, 2.05) is 99.6 Å². The summed E-state index contributed by atoms with van der Waals surface area (Å²) in [6.45, 7) is 6.09. The minimum absolute atomic E-state index is 0.0295. The molecule has 0 fully saturated rings. The summed E-state index contributed by atoms with van der Waals surface area (Å²) in [4.78, 5) is 26.6. The number of hydrogen-bond acceptors (Lipinski definition) is 4. The van der Waals surface area contributed by atoms with Crippen molar-refractivity contribution in [2.24, 2.45) is 5.41 Å². The highest BCUT2D eigenvalue weighted by Crippen LogP contribution is 2.38. The zero-order valence-electron chi connectivity index (χ0n) is 19.4. The number of para-hydroxylation sites is 2. The number of rotatable bonds is 8. The lowest BCUT2D eigenvalue weighted by Gasteiger charge is -2.19. The van der Waals surface area contributed by atoms with Crippen LogP contribution in [0.3, 0.4) is 0 Å². The molecule has 0 radical (unpaired) electrons. The van der Waals surface area contributed by atoms with E-state index in [-0.39, 0.29) is 17.2 Å². The van der Waals surface area contributed by atoms with Gasteiger partial charge in [-0.1, -0.05) is 69.3 Å². The molecule has 0 heterocycles. The largest absolute Gasteiger partial charge is 0.495 e. The first kappa shape index (κ1) is 24.4. The average Bonchev–Trinajstić information content (AvgIpc) is 2.77. The van der Waals surface area contributed by atoms with Crippen LogP contribution in [-0.4, -0.2) is 18.9 Å². The van der Waals surface area contributed by atoms with Gasteiger partial charge in [-0.15, -0.1) is 11.8 Å². The summed E-state index contributed by atoms with van der Waals surface area (Å²) in [7, 11) is 1.58. The predicted octanol–water partition coefficient (Wildman–Crippen LogP) is 6.54. The lowest BCUT2D eigenvalue weighted by atomic mass is 9.92. The Morgan fingerprint density at radius 2 is 1.61 bits per heavy atom. The van der Waals surface area contributed by atoms with Crippen LogP contribution in [0.1, 0.15) is 38.0 Å². The fraction of sp³-hybridized carbons (Fsp3) is 0.259. The van der Waals surface area contributed by atoms with Crippen LogP contribution in [0.5, 0.6) is 5.75 Å². The van der Waals surface area contributed by atoms with Gasteiger partial charge in [-0.2, -0.15) is 0 Å². The van der Waals surface area contributed by atoms with Crippen LogP contribution >= 0.6 is 11.8 Å². The van der Waals surface area contributed by atoms with E-state index < -0.39 is 5.25 Å². The van der Waals surface area contributed by atoms with Gasteiger partial charge in [0.1, 0.15) is 11.0 Å². The lowest BCUT2D eigenvalue weighted by molar-refractivity contribution is -0.118. The van der Waals surface area contributed by atoms with Gasteiger partial charge >= 0.3 is 0 Å². The molecule has 3 aromatic rings. The fourth-order valence-electron chi connectivity index (χ4n) is 3.32. The molecule has 1 unspecified atom stereocenters. The van der Waals surface area contributed by atoms with E-state index in [0.717, 1.165) is 10.5 Å². The Bertz CT molecular complexity index is 1090. The molecule has 2 N–H and O–H groups in total. The van der Waals surface area contributed by atoms with Crippen LogP contribution in [0.2, 0.25) is 0 Å². The Balaban J connectivity index is 1.81. The summed E-state index contributed by atoms with van der Waals surface area (Å²) in [5, 5.41) is 5.48. The maximum absolute atomic E-state index is 13.3. The molecule has 33 heavy (non-hydrogen) atoms. The normalized spacial score (nSPS) is 12.0. The summed E-state index contributed by atoms with van der Waals surface area (Å²) >= 11 is 1.43. The van der Waals surface area contributed by atoms with Gasteiger partial charge in [0.15, 0.2) is 0 Å². The second-order valence-corrected chi connectivity index (χ2v) is 10.1. The van der Waals surface area contributed by atoms with Crippen molar-refractivity contribution in [1.29, 1.82) is 0 Å². The Hall–Kier alpha value is -3.25. The Morgan fingerprint density at radius 1 is 0.909 bits per heavy atom. The third-order valence-electron chi connectivity index (χ3n) is 4.77. The number of anilines is 2. The van der Waals surface area contributed by atoms with Crippen molar-refractivity contribution in [2.75, 3.05) is 17.7 Å². The molecule has 0 aliphatic heterocycles. The van der Waals surface area contributed by atoms with Crippen molar-refractivity contribution in [1.82, 2.24) is 0 Å². The molecule has 3 aromatic carbocycles. The van der Waals surface area contributed by atoms with Gasteiger partial charge in [0.05, 0.1) is 12.8 Å². The van der Waals surface area contributed by atoms with Gasteiger partial charge in [-0.3, -0.25) is 9.59 Å². The molecule has 0 aliphatic carbocycles. The van der Waals surface area contributed by atoms with Gasteiger partial charge in [0, 0.05) is 17.0 Å². The first-order valence-electron chi connectivity index (χ1n) is 10.8. The van der Waals surface area contributed by atoms with Crippen LogP contribution in [0.15, 0.2) is 83.8 Å². The van der Waals surface area contributed by atoms with E-state index in [9.17, 15) is 9.59 Å². The van der Waals surface area contributed by atoms with Crippen LogP contribution < -0.4 is 15.4 Å². The Morgan fingerprint density at radius 3 is 2.30 bits per heavy atom. The molecular formula is C27H30N2O3S. The van der Waals surface area contributed by atoms with Crippen LogP contribution in [0, 0.1) is 5.41 Å². The molecule has 3 rings (SSSR count). The number of nitrogens with one attached hydrogen (secondary N) is 2. The molecule has 0 saturated heterocycles. The summed E-state index contributed by atoms with van der Waals surface area (Å²) < 4.78 is 5.38. The van der Waals surface area contributed by atoms with Crippen molar-refractivity contribution >= 4 is 35.0 Å². The van der Waals surface area contributed by atoms with Gasteiger partial charge in [-0.05, 0) is 41.3 Å². The number of carbonyl (C=O) groups excluding carboxylic acids is 2. The summed E-state index contributed by atoms with van der Waals surface area (Å²) in [5.74, 6) is 0.419. The molecule has 5 nitrogen and oxygen atoms in total. The zero-order chi connectivity index (χ0) is 23.8. The molecule has 0 aliphatic rings. The smallest absolute Gasteiger partial charge is 0.242 e. The van der Waals surface area contributed by atoms with E-state index in [1.54, 1.807) is 7.11 Å². The SMILES string of the molecule is COc1ccccc1NC(=O)C(Sc1cccc(NC(=O)CC(C)(C)C)c1)c1ccccc1. The number of benzene rings is 3. The third kappa shape index (κ3) is 7.39. The highest BCUT2D eigenvalue weighted by Gasteiger charge is 2.23. The second kappa shape index (κ2) is 11.1. The fourth-order valence-corrected chi connectivity index (χ4v) is 4.40. The van der Waals surface area contributed by atoms with Crippen molar-refractivity contribution < 1.29 is 14.3 Å². The predicted molar refractivity (Wildman–Crippen MR) is 136 cm³/mol. The van der Waals surface area contributed by atoms with Gasteiger partial charge in [0.25, 0.3) is 0 Å².